The molecule has 0 saturated carbocycles. The number of nitrogens with one attached hydrogen (secondary N) is 1. The van der Waals surface area contributed by atoms with Gasteiger partial charge in [-0.05, 0) is 41.5 Å². The number of esters is 1. The Morgan fingerprint density at radius 3 is 2.46 bits per heavy atom. The maximum absolute atomic E-state index is 12.0. The Labute approximate surface area is 168 Å². The van der Waals surface area contributed by atoms with E-state index < -0.39 is 11.9 Å². The van der Waals surface area contributed by atoms with E-state index in [1.165, 1.54) is 0 Å². The molecule has 0 saturated heterocycles. The van der Waals surface area contributed by atoms with Gasteiger partial charge >= 0.3 is 5.97 Å². The summed E-state index contributed by atoms with van der Waals surface area (Å²) in [7, 11) is 0. The molecule has 0 bridgehead atoms. The van der Waals surface area contributed by atoms with Crippen LogP contribution in [0.2, 0.25) is 5.02 Å². The van der Waals surface area contributed by atoms with Crippen molar-refractivity contribution >= 4 is 34.2 Å². The lowest BCUT2D eigenvalue weighted by Gasteiger charge is -2.15. The minimum Gasteiger partial charge on any atom is -0.482 e. The number of benzene rings is 3. The number of ether oxygens (including phenoxy) is 2. The van der Waals surface area contributed by atoms with Gasteiger partial charge in [-0.3, -0.25) is 4.79 Å². The van der Waals surface area contributed by atoms with Gasteiger partial charge in [0.05, 0.1) is 6.04 Å². The Hall–Kier alpha value is -3.05. The summed E-state index contributed by atoms with van der Waals surface area (Å²) in [6.07, 6.45) is 0. The van der Waals surface area contributed by atoms with Crippen molar-refractivity contribution in [3.8, 4) is 5.75 Å². The Balaban J connectivity index is 1.44. The highest BCUT2D eigenvalue weighted by Crippen LogP contribution is 2.22. The zero-order valence-electron chi connectivity index (χ0n) is 15.4. The van der Waals surface area contributed by atoms with Crippen molar-refractivity contribution in [2.45, 2.75) is 13.0 Å². The highest BCUT2D eigenvalue weighted by atomic mass is 35.5. The zero-order chi connectivity index (χ0) is 19.9. The molecule has 0 spiro atoms. The van der Waals surface area contributed by atoms with Gasteiger partial charge in [-0.1, -0.05) is 60.1 Å². The summed E-state index contributed by atoms with van der Waals surface area (Å²) in [6, 6.07) is 20.3. The van der Waals surface area contributed by atoms with Crippen molar-refractivity contribution < 1.29 is 19.1 Å². The SMILES string of the molecule is C[C@@H](NC(=O)COC(=O)COc1ccc2ccccc2c1)c1ccccc1Cl. The smallest absolute Gasteiger partial charge is 0.344 e. The van der Waals surface area contributed by atoms with Crippen molar-refractivity contribution in [2.75, 3.05) is 13.2 Å². The molecule has 1 amide bonds. The Kier molecular flexibility index (Phi) is 6.50. The molecule has 1 N–H and O–H groups in total. The molecule has 0 aliphatic carbocycles. The quantitative estimate of drug-likeness (QED) is 0.604. The van der Waals surface area contributed by atoms with Crippen LogP contribution >= 0.6 is 11.6 Å². The van der Waals surface area contributed by atoms with E-state index >= 15 is 0 Å². The molecule has 144 valence electrons. The van der Waals surface area contributed by atoms with E-state index in [1.54, 1.807) is 12.1 Å². The van der Waals surface area contributed by atoms with Gasteiger partial charge in [0.15, 0.2) is 13.2 Å². The fraction of sp³-hybridized carbons (Fsp3) is 0.182. The minimum absolute atomic E-state index is 0.272. The molecule has 3 aromatic rings. The van der Waals surface area contributed by atoms with Gasteiger partial charge in [0, 0.05) is 5.02 Å². The van der Waals surface area contributed by atoms with Gasteiger partial charge in [0.1, 0.15) is 5.75 Å². The molecule has 6 heteroatoms. The van der Waals surface area contributed by atoms with Crippen LogP contribution in [-0.4, -0.2) is 25.1 Å². The second-order valence-electron chi connectivity index (χ2n) is 6.27. The molecule has 28 heavy (non-hydrogen) atoms. The van der Waals surface area contributed by atoms with Gasteiger partial charge in [-0.25, -0.2) is 4.79 Å². The van der Waals surface area contributed by atoms with E-state index in [2.05, 4.69) is 5.32 Å². The summed E-state index contributed by atoms with van der Waals surface area (Å²) < 4.78 is 10.4. The maximum atomic E-state index is 12.0. The predicted octanol–water partition coefficient (Wildman–Crippen LogP) is 4.29. The number of halogens is 1. The lowest BCUT2D eigenvalue weighted by atomic mass is 10.1. The third kappa shape index (κ3) is 5.24. The highest BCUT2D eigenvalue weighted by molar-refractivity contribution is 6.31. The Morgan fingerprint density at radius 1 is 0.964 bits per heavy atom. The van der Waals surface area contributed by atoms with E-state index in [9.17, 15) is 9.59 Å². The minimum atomic E-state index is -0.617. The van der Waals surface area contributed by atoms with Crippen molar-refractivity contribution in [3.05, 3.63) is 77.3 Å². The molecule has 0 aliphatic heterocycles. The van der Waals surface area contributed by atoms with Crippen LogP contribution in [0.5, 0.6) is 5.75 Å². The van der Waals surface area contributed by atoms with Crippen molar-refractivity contribution in [3.63, 3.8) is 0 Å². The van der Waals surface area contributed by atoms with Crippen LogP contribution < -0.4 is 10.1 Å². The monoisotopic (exact) mass is 397 g/mol. The summed E-state index contributed by atoms with van der Waals surface area (Å²) >= 11 is 6.11. The second kappa shape index (κ2) is 9.24. The molecule has 5 nitrogen and oxygen atoms in total. The van der Waals surface area contributed by atoms with Gasteiger partial charge in [-0.15, -0.1) is 0 Å². The summed E-state index contributed by atoms with van der Waals surface area (Å²) in [5, 5.41) is 5.41. The molecule has 3 rings (SSSR count). The van der Waals surface area contributed by atoms with Crippen LogP contribution in [0.1, 0.15) is 18.5 Å². The van der Waals surface area contributed by atoms with Gasteiger partial charge in [0.2, 0.25) is 0 Å². The third-order valence-electron chi connectivity index (χ3n) is 4.19. The summed E-state index contributed by atoms with van der Waals surface area (Å²) in [6.45, 7) is 1.16. The molecular weight excluding hydrogens is 378 g/mol. The molecule has 0 radical (unpaired) electrons. The first-order chi connectivity index (χ1) is 13.5. The number of carbonyl (C=O) groups is 2. The van der Waals surface area contributed by atoms with E-state index in [4.69, 9.17) is 21.1 Å². The molecule has 0 unspecified atom stereocenters. The van der Waals surface area contributed by atoms with Crippen molar-refractivity contribution in [1.82, 2.24) is 5.32 Å². The van der Waals surface area contributed by atoms with E-state index in [0.717, 1.165) is 16.3 Å². The summed E-state index contributed by atoms with van der Waals surface area (Å²) in [4.78, 5) is 23.8. The summed E-state index contributed by atoms with van der Waals surface area (Å²) in [5.74, 6) is -0.465. The lowest BCUT2D eigenvalue weighted by molar-refractivity contribution is -0.150. The number of fused-ring (bicyclic) bond motifs is 1. The zero-order valence-corrected chi connectivity index (χ0v) is 16.1. The largest absolute Gasteiger partial charge is 0.482 e. The van der Waals surface area contributed by atoms with Crippen molar-refractivity contribution in [1.29, 1.82) is 0 Å². The fourth-order valence-electron chi connectivity index (χ4n) is 2.77. The first-order valence-electron chi connectivity index (χ1n) is 8.84. The third-order valence-corrected chi connectivity index (χ3v) is 4.54. The molecule has 0 aromatic heterocycles. The van der Waals surface area contributed by atoms with Gasteiger partial charge in [0.25, 0.3) is 5.91 Å². The van der Waals surface area contributed by atoms with Crippen LogP contribution in [-0.2, 0) is 14.3 Å². The van der Waals surface area contributed by atoms with Crippen LogP contribution in [0.25, 0.3) is 10.8 Å². The summed E-state index contributed by atoms with van der Waals surface area (Å²) in [5.41, 5.74) is 0.795. The molecule has 3 aromatic carbocycles. The first-order valence-corrected chi connectivity index (χ1v) is 9.22. The van der Waals surface area contributed by atoms with Crippen LogP contribution in [0, 0.1) is 0 Å². The topological polar surface area (TPSA) is 64.6 Å². The number of carbonyl (C=O) groups excluding carboxylic acids is 2. The van der Waals surface area contributed by atoms with Crippen LogP contribution in [0.4, 0.5) is 0 Å². The van der Waals surface area contributed by atoms with Crippen molar-refractivity contribution in [2.24, 2.45) is 0 Å². The first kappa shape index (κ1) is 19.7. The van der Waals surface area contributed by atoms with Gasteiger partial charge in [-0.2, -0.15) is 0 Å². The average molecular weight is 398 g/mol. The van der Waals surface area contributed by atoms with E-state index in [1.807, 2.05) is 61.5 Å². The highest BCUT2D eigenvalue weighted by Gasteiger charge is 2.14. The Morgan fingerprint density at radius 2 is 1.68 bits per heavy atom. The van der Waals surface area contributed by atoms with Crippen LogP contribution in [0.3, 0.4) is 0 Å². The van der Waals surface area contributed by atoms with Crippen LogP contribution in [0.15, 0.2) is 66.7 Å². The Bertz CT molecular complexity index is 989. The standard InChI is InChI=1S/C22H20ClNO4/c1-15(19-8-4-5-9-20(19)23)24-21(25)13-28-22(26)14-27-18-11-10-16-6-2-3-7-17(16)12-18/h2-12,15H,13-14H2,1H3,(H,24,25)/t15-/m1/s1. The number of rotatable bonds is 7. The predicted molar refractivity (Wildman–Crippen MR) is 108 cm³/mol. The molecule has 0 heterocycles. The molecule has 1 atom stereocenters. The number of hydrogen-bond acceptors (Lipinski definition) is 4. The molecule has 0 fully saturated rings. The van der Waals surface area contributed by atoms with E-state index in [0.29, 0.717) is 10.8 Å². The normalized spacial score (nSPS) is 11.6. The molecular formula is C22H20ClNO4. The number of amides is 1. The second-order valence-corrected chi connectivity index (χ2v) is 6.68. The maximum Gasteiger partial charge on any atom is 0.344 e. The average Bonchev–Trinajstić information content (AvgIpc) is 2.70. The molecule has 0 aliphatic rings. The van der Waals surface area contributed by atoms with Gasteiger partial charge < -0.3 is 14.8 Å². The number of hydrogen-bond donors (Lipinski definition) is 1. The lowest BCUT2D eigenvalue weighted by Crippen LogP contribution is -2.32. The van der Waals surface area contributed by atoms with E-state index in [-0.39, 0.29) is 19.3 Å². The fourth-order valence-corrected chi connectivity index (χ4v) is 3.07.